The predicted octanol–water partition coefficient (Wildman–Crippen LogP) is 4.28. The van der Waals surface area contributed by atoms with Crippen molar-refractivity contribution in [1.29, 1.82) is 0 Å². The maximum atomic E-state index is 12.4. The average Bonchev–Trinajstić information content (AvgIpc) is 3.23. The molecule has 0 saturated heterocycles. The second-order valence-corrected chi connectivity index (χ2v) is 6.85. The fourth-order valence-corrected chi connectivity index (χ4v) is 2.99. The van der Waals surface area contributed by atoms with Crippen LogP contribution in [0.4, 0.5) is 5.69 Å². The van der Waals surface area contributed by atoms with E-state index in [1.807, 2.05) is 6.07 Å². The van der Waals surface area contributed by atoms with Gasteiger partial charge in [-0.25, -0.2) is 0 Å². The molecule has 0 bridgehead atoms. The molecule has 29 heavy (non-hydrogen) atoms. The van der Waals surface area contributed by atoms with E-state index in [1.165, 1.54) is 0 Å². The van der Waals surface area contributed by atoms with Crippen LogP contribution in [0.5, 0.6) is 5.75 Å². The predicted molar refractivity (Wildman–Crippen MR) is 110 cm³/mol. The van der Waals surface area contributed by atoms with E-state index in [0.29, 0.717) is 35.0 Å². The fourth-order valence-electron chi connectivity index (χ4n) is 2.87. The van der Waals surface area contributed by atoms with Crippen molar-refractivity contribution >= 4 is 35.2 Å². The largest absolute Gasteiger partial charge is 0.469 e. The van der Waals surface area contributed by atoms with E-state index in [9.17, 15) is 9.59 Å². The van der Waals surface area contributed by atoms with Gasteiger partial charge in [-0.3, -0.25) is 9.59 Å². The van der Waals surface area contributed by atoms with Gasteiger partial charge in [0.15, 0.2) is 11.5 Å². The molecule has 0 aliphatic carbocycles. The highest BCUT2D eigenvalue weighted by molar-refractivity contribution is 6.30. The lowest BCUT2D eigenvalue weighted by atomic mass is 10.1. The zero-order valence-corrected chi connectivity index (χ0v) is 16.0. The molecule has 2 amide bonds. The van der Waals surface area contributed by atoms with Gasteiger partial charge in [0.1, 0.15) is 5.76 Å². The molecule has 0 atom stereocenters. The van der Waals surface area contributed by atoms with Crippen LogP contribution in [0.3, 0.4) is 0 Å². The van der Waals surface area contributed by atoms with Crippen LogP contribution in [0.1, 0.15) is 21.7 Å². The van der Waals surface area contributed by atoms with Crippen LogP contribution in [0.15, 0.2) is 71.0 Å². The fraction of sp³-hybridized carbons (Fsp3) is 0.0909. The molecule has 0 spiro atoms. The van der Waals surface area contributed by atoms with Crippen molar-refractivity contribution in [2.75, 3.05) is 11.9 Å². The minimum Gasteiger partial charge on any atom is -0.469 e. The first kappa shape index (κ1) is 18.8. The van der Waals surface area contributed by atoms with Crippen LogP contribution in [0, 0.1) is 0 Å². The van der Waals surface area contributed by atoms with E-state index in [0.717, 1.165) is 11.3 Å². The molecule has 2 heterocycles. The number of rotatable bonds is 5. The molecule has 0 fully saturated rings. The van der Waals surface area contributed by atoms with E-state index >= 15 is 0 Å². The number of hydrogen-bond acceptors (Lipinski definition) is 4. The Hall–Kier alpha value is -3.51. The second kappa shape index (κ2) is 8.24. The van der Waals surface area contributed by atoms with Crippen LogP contribution in [0.2, 0.25) is 5.02 Å². The van der Waals surface area contributed by atoms with Crippen molar-refractivity contribution in [3.05, 3.63) is 88.5 Å². The van der Waals surface area contributed by atoms with Crippen molar-refractivity contribution < 1.29 is 18.7 Å². The molecule has 0 radical (unpaired) electrons. The van der Waals surface area contributed by atoms with Gasteiger partial charge >= 0.3 is 0 Å². The van der Waals surface area contributed by atoms with Crippen LogP contribution >= 0.6 is 11.6 Å². The van der Waals surface area contributed by atoms with Crippen molar-refractivity contribution in [1.82, 2.24) is 5.32 Å². The van der Waals surface area contributed by atoms with Crippen molar-refractivity contribution in [2.45, 2.75) is 6.42 Å². The third kappa shape index (κ3) is 4.50. The molecule has 0 saturated carbocycles. The number of ether oxygens (including phenoxy) is 1. The number of anilines is 1. The quantitative estimate of drug-likeness (QED) is 0.617. The summed E-state index contributed by atoms with van der Waals surface area (Å²) in [7, 11) is 0. The molecular weight excluding hydrogens is 392 g/mol. The summed E-state index contributed by atoms with van der Waals surface area (Å²) < 4.78 is 11.0. The van der Waals surface area contributed by atoms with E-state index in [2.05, 4.69) is 10.6 Å². The molecule has 1 aliphatic heterocycles. The van der Waals surface area contributed by atoms with Gasteiger partial charge in [0.05, 0.1) is 12.0 Å². The molecule has 3 aromatic rings. The first-order chi connectivity index (χ1) is 14.1. The number of furan rings is 1. The summed E-state index contributed by atoms with van der Waals surface area (Å²) in [5.41, 5.74) is 1.66. The minimum absolute atomic E-state index is 0.162. The van der Waals surface area contributed by atoms with E-state index in [1.54, 1.807) is 60.9 Å². The van der Waals surface area contributed by atoms with Gasteiger partial charge in [-0.2, -0.15) is 0 Å². The van der Waals surface area contributed by atoms with Gasteiger partial charge in [0.2, 0.25) is 0 Å². The van der Waals surface area contributed by atoms with Gasteiger partial charge in [-0.05, 0) is 54.1 Å². The number of benzene rings is 2. The Bertz CT molecular complexity index is 1070. The Kier molecular flexibility index (Phi) is 5.35. The Labute approximate surface area is 172 Å². The summed E-state index contributed by atoms with van der Waals surface area (Å²) in [4.78, 5) is 24.7. The lowest BCUT2D eigenvalue weighted by molar-refractivity contribution is -0.115. The number of fused-ring (bicyclic) bond motifs is 1. The number of halogens is 1. The van der Waals surface area contributed by atoms with Gasteiger partial charge in [-0.15, -0.1) is 0 Å². The molecule has 1 aliphatic rings. The molecular formula is C22H17ClN2O4. The van der Waals surface area contributed by atoms with Crippen molar-refractivity contribution in [3.8, 4) is 5.75 Å². The Morgan fingerprint density at radius 1 is 1.14 bits per heavy atom. The summed E-state index contributed by atoms with van der Waals surface area (Å²) >= 11 is 5.88. The van der Waals surface area contributed by atoms with Gasteiger partial charge in [0, 0.05) is 23.6 Å². The number of carbonyl (C=O) groups is 2. The van der Waals surface area contributed by atoms with Crippen molar-refractivity contribution in [2.24, 2.45) is 0 Å². The lowest BCUT2D eigenvalue weighted by Crippen LogP contribution is -2.27. The molecule has 6 nitrogen and oxygen atoms in total. The summed E-state index contributed by atoms with van der Waals surface area (Å²) in [5.74, 6) is 0.808. The zero-order chi connectivity index (χ0) is 20.2. The van der Waals surface area contributed by atoms with Crippen LogP contribution in [-0.4, -0.2) is 18.4 Å². The molecule has 1 aromatic heterocycles. The maximum absolute atomic E-state index is 12.4. The molecule has 146 valence electrons. The normalized spacial score (nSPS) is 14.1. The highest BCUT2D eigenvalue weighted by atomic mass is 35.5. The highest BCUT2D eigenvalue weighted by Gasteiger charge is 2.23. The first-order valence-corrected chi connectivity index (χ1v) is 9.37. The van der Waals surface area contributed by atoms with E-state index in [-0.39, 0.29) is 17.6 Å². The van der Waals surface area contributed by atoms with Gasteiger partial charge in [-0.1, -0.05) is 23.7 Å². The Morgan fingerprint density at radius 3 is 2.72 bits per heavy atom. The van der Waals surface area contributed by atoms with Crippen molar-refractivity contribution in [3.63, 3.8) is 0 Å². The SMILES string of the molecule is O=C1Nc2cc(C(=O)NCCc3ccco3)ccc2O/C1=C\c1ccc(Cl)cc1. The third-order valence-electron chi connectivity index (χ3n) is 4.34. The number of nitrogens with one attached hydrogen (secondary N) is 2. The lowest BCUT2D eigenvalue weighted by Gasteiger charge is -2.20. The molecule has 0 unspecified atom stereocenters. The smallest absolute Gasteiger partial charge is 0.291 e. The molecule has 2 N–H and O–H groups in total. The van der Waals surface area contributed by atoms with Gasteiger partial charge < -0.3 is 19.8 Å². The van der Waals surface area contributed by atoms with Gasteiger partial charge in [0.25, 0.3) is 11.8 Å². The number of carbonyl (C=O) groups excluding carboxylic acids is 2. The first-order valence-electron chi connectivity index (χ1n) is 8.99. The monoisotopic (exact) mass is 408 g/mol. The van der Waals surface area contributed by atoms with Crippen LogP contribution in [-0.2, 0) is 11.2 Å². The summed E-state index contributed by atoms with van der Waals surface area (Å²) in [6, 6.07) is 15.6. The molecule has 7 heteroatoms. The summed E-state index contributed by atoms with van der Waals surface area (Å²) in [6.45, 7) is 0.445. The topological polar surface area (TPSA) is 80.6 Å². The second-order valence-electron chi connectivity index (χ2n) is 6.41. The summed E-state index contributed by atoms with van der Waals surface area (Å²) in [6.07, 6.45) is 3.82. The van der Waals surface area contributed by atoms with E-state index in [4.69, 9.17) is 20.8 Å². The molecule has 4 rings (SSSR count). The number of hydrogen-bond donors (Lipinski definition) is 2. The Balaban J connectivity index is 1.44. The maximum Gasteiger partial charge on any atom is 0.291 e. The highest BCUT2D eigenvalue weighted by Crippen LogP contribution is 2.32. The third-order valence-corrected chi connectivity index (χ3v) is 4.59. The Morgan fingerprint density at radius 2 is 1.97 bits per heavy atom. The van der Waals surface area contributed by atoms with Crippen LogP contribution in [0.25, 0.3) is 6.08 Å². The standard InChI is InChI=1S/C22H17ClN2O4/c23-16-6-3-14(4-7-16)12-20-22(27)25-18-13-15(5-8-19(18)29-20)21(26)24-10-9-17-2-1-11-28-17/h1-8,11-13H,9-10H2,(H,24,26)(H,25,27)/b20-12-. The van der Waals surface area contributed by atoms with E-state index < -0.39 is 0 Å². The average molecular weight is 409 g/mol. The minimum atomic E-state index is -0.386. The number of amides is 2. The molecule has 2 aromatic carbocycles. The summed E-state index contributed by atoms with van der Waals surface area (Å²) in [5, 5.41) is 6.20. The zero-order valence-electron chi connectivity index (χ0n) is 15.3. The van der Waals surface area contributed by atoms with Crippen LogP contribution < -0.4 is 15.4 Å².